The summed E-state index contributed by atoms with van der Waals surface area (Å²) in [4.78, 5) is 23.9. The van der Waals surface area contributed by atoms with Crippen LogP contribution in [0.5, 0.6) is 0 Å². The van der Waals surface area contributed by atoms with Gasteiger partial charge in [0, 0.05) is 31.4 Å². The lowest BCUT2D eigenvalue weighted by Gasteiger charge is -2.32. The summed E-state index contributed by atoms with van der Waals surface area (Å²) in [5.41, 5.74) is 1.35. The number of carbonyl (C=O) groups is 2. The highest BCUT2D eigenvalue weighted by Gasteiger charge is 2.23. The van der Waals surface area contributed by atoms with E-state index in [1.165, 1.54) is 5.57 Å². The molecule has 1 aliphatic rings. The van der Waals surface area contributed by atoms with Gasteiger partial charge in [-0.25, -0.2) is 0 Å². The number of rotatable bonds is 7. The molecule has 5 heteroatoms. The first-order valence-corrected chi connectivity index (χ1v) is 8.46. The minimum atomic E-state index is 0.121. The second-order valence-electron chi connectivity index (χ2n) is 5.34. The first kappa shape index (κ1) is 17.2. The van der Waals surface area contributed by atoms with Gasteiger partial charge in [0.2, 0.25) is 12.3 Å². The molecule has 1 fully saturated rings. The maximum atomic E-state index is 11.3. The Labute approximate surface area is 130 Å². The van der Waals surface area contributed by atoms with Gasteiger partial charge in [-0.05, 0) is 25.2 Å². The van der Waals surface area contributed by atoms with Crippen LogP contribution in [0.3, 0.4) is 0 Å². The monoisotopic (exact) mass is 344 g/mol. The van der Waals surface area contributed by atoms with E-state index in [4.69, 9.17) is 0 Å². The van der Waals surface area contributed by atoms with E-state index < -0.39 is 0 Å². The molecule has 1 N–H and O–H groups in total. The molecule has 4 nitrogen and oxygen atoms in total. The number of halogens is 1. The Kier molecular flexibility index (Phi) is 7.88. The number of hydrogen-bond acceptors (Lipinski definition) is 2. The molecule has 0 aromatic rings. The number of carbonyl (C=O) groups excluding carboxylic acids is 2. The molecule has 0 aromatic carbocycles. The van der Waals surface area contributed by atoms with Crippen molar-refractivity contribution in [2.45, 2.75) is 45.6 Å². The van der Waals surface area contributed by atoms with E-state index in [9.17, 15) is 9.59 Å². The Morgan fingerprint density at radius 1 is 1.45 bits per heavy atom. The van der Waals surface area contributed by atoms with Crippen molar-refractivity contribution in [2.75, 3.05) is 18.4 Å². The van der Waals surface area contributed by atoms with Crippen molar-refractivity contribution in [3.05, 3.63) is 11.6 Å². The first-order valence-electron chi connectivity index (χ1n) is 7.34. The highest BCUT2D eigenvalue weighted by atomic mass is 79.9. The molecule has 0 aromatic heterocycles. The van der Waals surface area contributed by atoms with E-state index in [0.717, 1.165) is 50.5 Å². The molecule has 0 aliphatic carbocycles. The topological polar surface area (TPSA) is 49.4 Å². The van der Waals surface area contributed by atoms with Crippen molar-refractivity contribution in [2.24, 2.45) is 5.92 Å². The van der Waals surface area contributed by atoms with Crippen molar-refractivity contribution in [3.8, 4) is 0 Å². The third-order valence-electron chi connectivity index (χ3n) is 3.92. The van der Waals surface area contributed by atoms with Crippen molar-refractivity contribution in [1.82, 2.24) is 10.2 Å². The molecule has 1 heterocycles. The Hall–Kier alpha value is -0.840. The lowest BCUT2D eigenvalue weighted by molar-refractivity contribution is -0.130. The van der Waals surface area contributed by atoms with Gasteiger partial charge in [0.1, 0.15) is 0 Å². The average molecular weight is 345 g/mol. The van der Waals surface area contributed by atoms with Gasteiger partial charge in [0.05, 0.1) is 0 Å². The molecule has 1 atom stereocenters. The fourth-order valence-corrected chi connectivity index (χ4v) is 3.37. The lowest BCUT2D eigenvalue weighted by Crippen LogP contribution is -2.38. The molecule has 114 valence electrons. The number of amides is 2. The van der Waals surface area contributed by atoms with E-state index >= 15 is 0 Å². The molecule has 0 radical (unpaired) electrons. The smallest absolute Gasteiger partial charge is 0.219 e. The normalized spacial score (nSPS) is 18.8. The number of likely N-dealkylation sites (tertiary alicyclic amines) is 1. The minimum absolute atomic E-state index is 0.121. The van der Waals surface area contributed by atoms with Crippen LogP contribution in [0.4, 0.5) is 0 Å². The quantitative estimate of drug-likeness (QED) is 0.438. The zero-order chi connectivity index (χ0) is 15.0. The third kappa shape index (κ3) is 5.27. The lowest BCUT2D eigenvalue weighted by atomic mass is 9.88. The zero-order valence-corrected chi connectivity index (χ0v) is 14.0. The number of alkyl halides is 1. The van der Waals surface area contributed by atoms with Crippen molar-refractivity contribution in [3.63, 3.8) is 0 Å². The summed E-state index contributed by atoms with van der Waals surface area (Å²) >= 11 is 3.56. The molecule has 1 saturated heterocycles. The molecule has 20 heavy (non-hydrogen) atoms. The molecule has 2 amide bonds. The summed E-state index contributed by atoms with van der Waals surface area (Å²) < 4.78 is 0. The van der Waals surface area contributed by atoms with Gasteiger partial charge in [-0.15, -0.1) is 0 Å². The maximum absolute atomic E-state index is 11.3. The highest BCUT2D eigenvalue weighted by molar-refractivity contribution is 9.09. The predicted molar refractivity (Wildman–Crippen MR) is 84.8 cm³/mol. The summed E-state index contributed by atoms with van der Waals surface area (Å²) in [6.07, 6.45) is 7.00. The van der Waals surface area contributed by atoms with Crippen LogP contribution < -0.4 is 5.32 Å². The molecule has 0 spiro atoms. The number of hydrogen-bond donors (Lipinski definition) is 1. The second kappa shape index (κ2) is 9.16. The van der Waals surface area contributed by atoms with Gasteiger partial charge < -0.3 is 10.2 Å². The fourth-order valence-electron chi connectivity index (χ4n) is 2.73. The Morgan fingerprint density at radius 3 is 2.55 bits per heavy atom. The van der Waals surface area contributed by atoms with Gasteiger partial charge in [0.15, 0.2) is 0 Å². The van der Waals surface area contributed by atoms with Crippen molar-refractivity contribution in [1.29, 1.82) is 0 Å². The van der Waals surface area contributed by atoms with Crippen LogP contribution in [-0.4, -0.2) is 41.7 Å². The van der Waals surface area contributed by atoms with Gasteiger partial charge >= 0.3 is 0 Å². The number of nitrogens with one attached hydrogen (secondary N) is 1. The molecule has 0 saturated carbocycles. The standard InChI is InChI=1S/C15H25BrN2O2/c1-3-4-15(17-11-19)9-14(10-16)13-5-7-18(8-6-13)12(2)20/h9,11,13,15H,3-8,10H2,1-2H3,(H,17,19). The number of piperidine rings is 1. The van der Waals surface area contributed by atoms with Crippen LogP contribution in [0.2, 0.25) is 0 Å². The summed E-state index contributed by atoms with van der Waals surface area (Å²) in [7, 11) is 0. The van der Waals surface area contributed by atoms with Crippen LogP contribution in [0.1, 0.15) is 39.5 Å². The van der Waals surface area contributed by atoms with E-state index in [2.05, 4.69) is 34.2 Å². The van der Waals surface area contributed by atoms with Gasteiger partial charge in [-0.2, -0.15) is 0 Å². The summed E-state index contributed by atoms with van der Waals surface area (Å²) in [5, 5.41) is 3.70. The number of allylic oxidation sites excluding steroid dienone is 1. The predicted octanol–water partition coefficient (Wildman–Crippen LogP) is 2.48. The largest absolute Gasteiger partial charge is 0.352 e. The van der Waals surface area contributed by atoms with Crippen LogP contribution in [-0.2, 0) is 9.59 Å². The van der Waals surface area contributed by atoms with Gasteiger partial charge in [0.25, 0.3) is 0 Å². The molecular formula is C15H25BrN2O2. The highest BCUT2D eigenvalue weighted by Crippen LogP contribution is 2.26. The van der Waals surface area contributed by atoms with Crippen LogP contribution in [0.15, 0.2) is 11.6 Å². The summed E-state index contributed by atoms with van der Waals surface area (Å²) in [6, 6.07) is 0.121. The van der Waals surface area contributed by atoms with E-state index in [0.29, 0.717) is 5.92 Å². The van der Waals surface area contributed by atoms with Crippen LogP contribution in [0.25, 0.3) is 0 Å². The van der Waals surface area contributed by atoms with E-state index in [1.807, 2.05) is 4.90 Å². The minimum Gasteiger partial charge on any atom is -0.352 e. The third-order valence-corrected chi connectivity index (χ3v) is 4.56. The zero-order valence-electron chi connectivity index (χ0n) is 12.4. The Bertz CT molecular complexity index is 350. The summed E-state index contributed by atoms with van der Waals surface area (Å²) in [6.45, 7) is 5.42. The van der Waals surface area contributed by atoms with Gasteiger partial charge in [-0.3, -0.25) is 9.59 Å². The fraction of sp³-hybridized carbons (Fsp3) is 0.733. The average Bonchev–Trinajstić information content (AvgIpc) is 2.45. The van der Waals surface area contributed by atoms with Crippen molar-refractivity contribution >= 4 is 28.2 Å². The number of nitrogens with zero attached hydrogens (tertiary/aromatic N) is 1. The van der Waals surface area contributed by atoms with Crippen LogP contribution in [0, 0.1) is 5.92 Å². The van der Waals surface area contributed by atoms with E-state index in [1.54, 1.807) is 6.92 Å². The molecule has 1 unspecified atom stereocenters. The Morgan fingerprint density at radius 2 is 2.10 bits per heavy atom. The van der Waals surface area contributed by atoms with E-state index in [-0.39, 0.29) is 11.9 Å². The molecule has 1 aliphatic heterocycles. The van der Waals surface area contributed by atoms with Crippen molar-refractivity contribution < 1.29 is 9.59 Å². The Balaban J connectivity index is 2.65. The van der Waals surface area contributed by atoms with Crippen LogP contribution >= 0.6 is 15.9 Å². The van der Waals surface area contributed by atoms with Gasteiger partial charge in [-0.1, -0.05) is 40.9 Å². The maximum Gasteiger partial charge on any atom is 0.219 e. The molecule has 1 rings (SSSR count). The first-order chi connectivity index (χ1) is 9.62. The second-order valence-corrected chi connectivity index (χ2v) is 5.90. The summed E-state index contributed by atoms with van der Waals surface area (Å²) in [5.74, 6) is 0.678. The molecular weight excluding hydrogens is 320 g/mol. The molecule has 0 bridgehead atoms. The SMILES string of the molecule is CCCC(C=C(CBr)C1CCN(C(C)=O)CC1)NC=O.